The molecule has 28 heavy (non-hydrogen) atoms. The summed E-state index contributed by atoms with van der Waals surface area (Å²) in [4.78, 5) is 25.2. The summed E-state index contributed by atoms with van der Waals surface area (Å²) in [5.41, 5.74) is 0.636. The van der Waals surface area contributed by atoms with Crippen molar-refractivity contribution in [2.24, 2.45) is 0 Å². The van der Waals surface area contributed by atoms with Gasteiger partial charge in [0.2, 0.25) is 0 Å². The van der Waals surface area contributed by atoms with Crippen molar-refractivity contribution in [1.82, 2.24) is 14.3 Å². The van der Waals surface area contributed by atoms with Crippen LogP contribution in [0.3, 0.4) is 0 Å². The van der Waals surface area contributed by atoms with Crippen LogP contribution in [0.5, 0.6) is 0 Å². The third kappa shape index (κ3) is 2.96. The van der Waals surface area contributed by atoms with Gasteiger partial charge in [-0.2, -0.15) is 0 Å². The second kappa shape index (κ2) is 6.99. The van der Waals surface area contributed by atoms with Crippen LogP contribution in [0.2, 0.25) is 0 Å². The number of rotatable bonds is 4. The molecule has 1 aliphatic rings. The Morgan fingerprint density at radius 3 is 2.68 bits per heavy atom. The molecule has 0 radical (unpaired) electrons. The number of aryl methyl sites for hydroxylation is 1. The van der Waals surface area contributed by atoms with E-state index in [-0.39, 0.29) is 6.54 Å². The van der Waals surface area contributed by atoms with Crippen LogP contribution < -0.4 is 11.2 Å². The Labute approximate surface area is 157 Å². The number of hydrogen-bond donors (Lipinski definition) is 3. The molecule has 0 spiro atoms. The van der Waals surface area contributed by atoms with Crippen LogP contribution >= 0.6 is 0 Å². The summed E-state index contributed by atoms with van der Waals surface area (Å²) in [7, 11) is 0. The van der Waals surface area contributed by atoms with E-state index < -0.39 is 42.4 Å². The molecule has 3 N–H and O–H groups in total. The Bertz CT molecular complexity index is 1130. The zero-order chi connectivity index (χ0) is 20.0. The van der Waals surface area contributed by atoms with Gasteiger partial charge >= 0.3 is 5.69 Å². The van der Waals surface area contributed by atoms with E-state index in [2.05, 4.69) is 5.16 Å². The average molecular weight is 389 g/mol. The highest BCUT2D eigenvalue weighted by atomic mass is 16.6. The average Bonchev–Trinajstić information content (AvgIpc) is 3.20. The number of hydrogen-bond acceptors (Lipinski definition) is 8. The molecule has 148 valence electrons. The van der Waals surface area contributed by atoms with Crippen LogP contribution in [0.15, 0.2) is 44.6 Å². The van der Waals surface area contributed by atoms with Crippen LogP contribution in [0.4, 0.5) is 0 Å². The summed E-state index contributed by atoms with van der Waals surface area (Å²) in [6, 6.07) is 6.63. The van der Waals surface area contributed by atoms with Crippen molar-refractivity contribution in [3.05, 3.63) is 62.6 Å². The first-order valence-corrected chi connectivity index (χ1v) is 8.70. The predicted molar refractivity (Wildman–Crippen MR) is 95.8 cm³/mol. The molecule has 0 aliphatic carbocycles. The summed E-state index contributed by atoms with van der Waals surface area (Å²) in [5.74, 6) is 0. The quantitative estimate of drug-likeness (QED) is 0.523. The van der Waals surface area contributed by atoms with Crippen molar-refractivity contribution in [2.45, 2.75) is 38.0 Å². The maximum absolute atomic E-state index is 12.9. The van der Waals surface area contributed by atoms with Crippen LogP contribution in [0, 0.1) is 6.92 Å². The molecule has 1 aliphatic heterocycles. The van der Waals surface area contributed by atoms with Crippen LogP contribution in [0.1, 0.15) is 17.5 Å². The van der Waals surface area contributed by atoms with E-state index in [1.54, 1.807) is 12.1 Å². The first-order chi connectivity index (χ1) is 13.4. The van der Waals surface area contributed by atoms with Gasteiger partial charge in [-0.15, -0.1) is 0 Å². The molecule has 1 aromatic carbocycles. The zero-order valence-corrected chi connectivity index (χ0v) is 14.9. The Hall–Kier alpha value is -2.79. The van der Waals surface area contributed by atoms with E-state index in [0.29, 0.717) is 16.7 Å². The summed E-state index contributed by atoms with van der Waals surface area (Å²) in [6.45, 7) is 1.25. The molecule has 0 saturated carbocycles. The van der Waals surface area contributed by atoms with E-state index in [1.165, 1.54) is 6.20 Å². The standard InChI is InChI=1S/C18H19N3O7/c1-9-2-3-10-11(19-28-12(10)6-9)7-21-14(23)4-5-20(18(21)26)17-16(25)15(24)13(8-22)27-17/h2-6,13,15-17,22,24-25H,7-8H2,1H3/t13-,15+,16?,17-/m1/s1. The minimum Gasteiger partial charge on any atom is -0.394 e. The van der Waals surface area contributed by atoms with Gasteiger partial charge in [0, 0.05) is 17.6 Å². The van der Waals surface area contributed by atoms with Gasteiger partial charge in [0.15, 0.2) is 11.8 Å². The molecule has 3 heterocycles. The number of aromatic nitrogens is 3. The van der Waals surface area contributed by atoms with Crippen molar-refractivity contribution in [3.63, 3.8) is 0 Å². The third-order valence-corrected chi connectivity index (χ3v) is 4.90. The van der Waals surface area contributed by atoms with Crippen molar-refractivity contribution >= 4 is 11.0 Å². The van der Waals surface area contributed by atoms with Gasteiger partial charge in [-0.3, -0.25) is 13.9 Å². The van der Waals surface area contributed by atoms with Gasteiger partial charge in [-0.1, -0.05) is 11.2 Å². The minimum absolute atomic E-state index is 0.136. The van der Waals surface area contributed by atoms with Crippen LogP contribution in [-0.4, -0.2) is 54.5 Å². The molecule has 0 bridgehead atoms. The Balaban J connectivity index is 1.73. The fourth-order valence-corrected chi connectivity index (χ4v) is 3.34. The molecular formula is C18H19N3O7. The summed E-state index contributed by atoms with van der Waals surface area (Å²) >= 11 is 0. The van der Waals surface area contributed by atoms with E-state index in [1.807, 2.05) is 13.0 Å². The van der Waals surface area contributed by atoms with Crippen molar-refractivity contribution in [3.8, 4) is 0 Å². The maximum Gasteiger partial charge on any atom is 0.333 e. The first kappa shape index (κ1) is 18.6. The second-order valence-corrected chi connectivity index (χ2v) is 6.79. The number of aliphatic hydroxyl groups excluding tert-OH is 3. The van der Waals surface area contributed by atoms with Crippen LogP contribution in [0.25, 0.3) is 11.0 Å². The number of fused-ring (bicyclic) bond motifs is 1. The summed E-state index contributed by atoms with van der Waals surface area (Å²) in [6.07, 6.45) is -3.87. The van der Waals surface area contributed by atoms with Gasteiger partial charge in [0.05, 0.1) is 13.2 Å². The number of aliphatic hydroxyl groups is 3. The normalized spacial score (nSPS) is 24.9. The fraction of sp³-hybridized carbons (Fsp3) is 0.389. The SMILES string of the molecule is Cc1ccc2c(Cn3c(=O)ccn([C@@H]4O[C@H](CO)[C@H](O)C4O)c3=O)noc2c1. The second-order valence-electron chi connectivity index (χ2n) is 6.79. The maximum atomic E-state index is 12.9. The van der Waals surface area contributed by atoms with E-state index >= 15 is 0 Å². The highest BCUT2D eigenvalue weighted by molar-refractivity contribution is 5.79. The lowest BCUT2D eigenvalue weighted by molar-refractivity contribution is -0.0555. The Morgan fingerprint density at radius 2 is 1.96 bits per heavy atom. The number of benzene rings is 1. The molecule has 0 amide bonds. The van der Waals surface area contributed by atoms with Gasteiger partial charge in [0.1, 0.15) is 24.0 Å². The zero-order valence-electron chi connectivity index (χ0n) is 14.9. The summed E-state index contributed by atoms with van der Waals surface area (Å²) in [5, 5.41) is 33.9. The molecule has 1 saturated heterocycles. The van der Waals surface area contributed by atoms with Crippen molar-refractivity contribution < 1.29 is 24.6 Å². The predicted octanol–water partition coefficient (Wildman–Crippen LogP) is -0.881. The fourth-order valence-electron chi connectivity index (χ4n) is 3.34. The van der Waals surface area contributed by atoms with Gasteiger partial charge in [-0.25, -0.2) is 4.79 Å². The molecule has 4 rings (SSSR count). The third-order valence-electron chi connectivity index (χ3n) is 4.90. The Kier molecular flexibility index (Phi) is 4.63. The van der Waals surface area contributed by atoms with Gasteiger partial charge in [0.25, 0.3) is 5.56 Å². The number of nitrogens with zero attached hydrogens (tertiary/aromatic N) is 3. The van der Waals surface area contributed by atoms with Crippen molar-refractivity contribution in [2.75, 3.05) is 6.61 Å². The molecule has 10 nitrogen and oxygen atoms in total. The molecule has 1 unspecified atom stereocenters. The first-order valence-electron chi connectivity index (χ1n) is 8.70. The monoisotopic (exact) mass is 389 g/mol. The molecule has 2 aromatic heterocycles. The summed E-state index contributed by atoms with van der Waals surface area (Å²) < 4.78 is 12.6. The lowest BCUT2D eigenvalue weighted by atomic mass is 10.1. The molecule has 4 atom stereocenters. The van der Waals surface area contributed by atoms with E-state index in [0.717, 1.165) is 20.8 Å². The Morgan fingerprint density at radius 1 is 1.18 bits per heavy atom. The van der Waals surface area contributed by atoms with Crippen molar-refractivity contribution in [1.29, 1.82) is 0 Å². The lowest BCUT2D eigenvalue weighted by Gasteiger charge is -2.18. The smallest absolute Gasteiger partial charge is 0.333 e. The largest absolute Gasteiger partial charge is 0.394 e. The minimum atomic E-state index is -1.43. The lowest BCUT2D eigenvalue weighted by Crippen LogP contribution is -2.43. The van der Waals surface area contributed by atoms with E-state index in [4.69, 9.17) is 9.26 Å². The highest BCUT2D eigenvalue weighted by Gasteiger charge is 2.43. The molecule has 1 fully saturated rings. The number of ether oxygens (including phenoxy) is 1. The molecule has 10 heteroatoms. The van der Waals surface area contributed by atoms with Crippen LogP contribution in [-0.2, 0) is 11.3 Å². The van der Waals surface area contributed by atoms with E-state index in [9.17, 15) is 24.9 Å². The molecule has 3 aromatic rings. The van der Waals surface area contributed by atoms with Gasteiger partial charge < -0.3 is 24.6 Å². The molecular weight excluding hydrogens is 370 g/mol. The topological polar surface area (TPSA) is 140 Å². The highest BCUT2D eigenvalue weighted by Crippen LogP contribution is 2.28. The van der Waals surface area contributed by atoms with Gasteiger partial charge in [-0.05, 0) is 24.6 Å².